The van der Waals surface area contributed by atoms with Gasteiger partial charge in [-0.1, -0.05) is 0 Å². The van der Waals surface area contributed by atoms with Gasteiger partial charge in [-0.15, -0.1) is 0 Å². The molecule has 0 bridgehead atoms. The van der Waals surface area contributed by atoms with Crippen molar-refractivity contribution in [3.63, 3.8) is 0 Å². The third-order valence-corrected chi connectivity index (χ3v) is 4.79. The van der Waals surface area contributed by atoms with E-state index in [0.29, 0.717) is 49.0 Å². The summed E-state index contributed by atoms with van der Waals surface area (Å²) in [5, 5.41) is 0. The van der Waals surface area contributed by atoms with Crippen molar-refractivity contribution in [3.8, 4) is 0 Å². The Labute approximate surface area is 169 Å². The molecule has 1 rings (SSSR count). The third kappa shape index (κ3) is 49.5. The molecule has 0 aromatic heterocycles. The molecule has 138 valence electrons. The van der Waals surface area contributed by atoms with Gasteiger partial charge in [-0.25, -0.2) is 0 Å². The van der Waals surface area contributed by atoms with Crippen molar-refractivity contribution in [1.29, 1.82) is 0 Å². The number of benzene rings is 1. The molecule has 0 N–H and O–H groups in total. The van der Waals surface area contributed by atoms with Gasteiger partial charge in [0.15, 0.2) is 0 Å². The van der Waals surface area contributed by atoms with Crippen LogP contribution in [-0.2, 0) is 0 Å². The van der Waals surface area contributed by atoms with Gasteiger partial charge in [0.25, 0.3) is 0 Å². The Kier molecular flexibility index (Phi) is 15.8. The Morgan fingerprint density at radius 3 is 1.08 bits per heavy atom. The van der Waals surface area contributed by atoms with Crippen molar-refractivity contribution in [2.45, 2.75) is 0 Å². The van der Waals surface area contributed by atoms with Crippen LogP contribution >= 0.6 is 15.9 Å². The molecule has 0 atom stereocenters. The van der Waals surface area contributed by atoms with E-state index >= 15 is 0 Å². The number of hydrogen-bond donors (Lipinski definition) is 0. The molecule has 0 saturated carbocycles. The van der Waals surface area contributed by atoms with E-state index in [1.54, 1.807) is 6.07 Å². The zero-order valence-corrected chi connectivity index (χ0v) is 16.0. The summed E-state index contributed by atoms with van der Waals surface area (Å²) in [6, 6.07) is 5.06. The molecular formula is C6H3B3BrF13K-3. The third-order valence-electron chi connectivity index (χ3n) is 1.20. The molecule has 1 aromatic rings. The van der Waals surface area contributed by atoms with E-state index in [4.69, 9.17) is 0 Å². The maximum absolute atomic E-state index is 12.6. The van der Waals surface area contributed by atoms with Crippen molar-refractivity contribution in [2.24, 2.45) is 0 Å². The fraction of sp³-hybridized carbons (Fsp3) is 0. The summed E-state index contributed by atoms with van der Waals surface area (Å²) < 4.78 is 131. The molecule has 18 heteroatoms. The quantitative estimate of drug-likeness (QED) is 0.355. The SMILES string of the molecule is F[B-](F)(F)F.F[B-](F)(F)F.F[B-](F)(F)F.Fc1cccc(Br)[c]1[K]. The normalized spacial score (nSPS) is 11.2. The van der Waals surface area contributed by atoms with Crippen LogP contribution in [0, 0.1) is 5.82 Å². The van der Waals surface area contributed by atoms with E-state index in [-0.39, 0.29) is 5.82 Å². The summed E-state index contributed by atoms with van der Waals surface area (Å²) in [6.45, 7) is 0. The Morgan fingerprint density at radius 2 is 0.917 bits per heavy atom. The molecular weight excluding hydrogens is 470 g/mol. The molecule has 0 fully saturated rings. The second-order valence-corrected chi connectivity index (χ2v) is 5.75. The van der Waals surface area contributed by atoms with Crippen LogP contribution in [0.2, 0.25) is 0 Å². The molecule has 0 nitrogen and oxygen atoms in total. The van der Waals surface area contributed by atoms with Gasteiger partial charge < -0.3 is 51.8 Å². The zero-order valence-electron chi connectivity index (χ0n) is 11.3. The van der Waals surface area contributed by atoms with Gasteiger partial charge in [0, 0.05) is 0 Å². The molecule has 0 heterocycles. The van der Waals surface area contributed by atoms with Crippen molar-refractivity contribution in [3.05, 3.63) is 28.5 Å². The summed E-state index contributed by atoms with van der Waals surface area (Å²) in [7, 11) is -18.0. The van der Waals surface area contributed by atoms with Gasteiger partial charge in [0.1, 0.15) is 0 Å². The summed E-state index contributed by atoms with van der Waals surface area (Å²) in [4.78, 5) is 0. The molecule has 1 aromatic carbocycles. The summed E-state index contributed by atoms with van der Waals surface area (Å²) in [5.74, 6) is -0.0793. The zero-order chi connectivity index (χ0) is 20.4. The maximum atomic E-state index is 12.6. The first-order valence-electron chi connectivity index (χ1n) is 5.24. The summed E-state index contributed by atoms with van der Waals surface area (Å²) in [6.07, 6.45) is 0. The van der Waals surface area contributed by atoms with Gasteiger partial charge >= 0.3 is 119 Å². The van der Waals surface area contributed by atoms with Gasteiger partial charge in [-0.2, -0.15) is 0 Å². The average Bonchev–Trinajstić information content (AvgIpc) is 2.18. The first kappa shape index (κ1) is 29.4. The minimum absolute atomic E-state index is 0.0793. The standard InChI is InChI=1S/C6H3BrF.3BF4.K/c7-5-2-1-3-6(8)4-5;3*2-1(3,4)5;/h1-3H;;;;/q;3*-1;. The molecule has 0 aliphatic carbocycles. The molecule has 0 aliphatic heterocycles. The van der Waals surface area contributed by atoms with Crippen molar-refractivity contribution in [2.75, 3.05) is 0 Å². The Hall–Kier alpha value is 0.621. The topological polar surface area (TPSA) is 0 Å². The second kappa shape index (κ2) is 12.9. The first-order valence-corrected chi connectivity index (χ1v) is 7.60. The fourth-order valence-electron chi connectivity index (χ4n) is 0.581. The van der Waals surface area contributed by atoms with Gasteiger partial charge in [0.2, 0.25) is 0 Å². The molecule has 0 aliphatic rings. The Morgan fingerprint density at radius 1 is 0.667 bits per heavy atom. The van der Waals surface area contributed by atoms with Crippen LogP contribution in [-0.4, -0.2) is 70.7 Å². The summed E-state index contributed by atoms with van der Waals surface area (Å²) >= 11 is 3.67. The van der Waals surface area contributed by atoms with E-state index in [0.717, 1.165) is 4.13 Å². The summed E-state index contributed by atoms with van der Waals surface area (Å²) in [5.41, 5.74) is 0. The first-order chi connectivity index (χ1) is 10.2. The average molecular weight is 474 g/mol. The number of rotatable bonds is 0. The van der Waals surface area contributed by atoms with Gasteiger partial charge in [-0.05, 0) is 0 Å². The molecule has 0 spiro atoms. The molecule has 24 heavy (non-hydrogen) atoms. The van der Waals surface area contributed by atoms with Crippen molar-refractivity contribution < 1.29 is 56.2 Å². The predicted molar refractivity (Wildman–Crippen MR) is 70.0 cm³/mol. The second-order valence-electron chi connectivity index (χ2n) is 3.33. The van der Waals surface area contributed by atoms with Crippen LogP contribution in [0.3, 0.4) is 0 Å². The fourth-order valence-corrected chi connectivity index (χ4v) is 1.44. The molecule has 0 radical (unpaired) electrons. The van der Waals surface area contributed by atoms with E-state index in [1.807, 2.05) is 6.07 Å². The monoisotopic (exact) mass is 473 g/mol. The van der Waals surface area contributed by atoms with Crippen LogP contribution in [0.15, 0.2) is 22.7 Å². The van der Waals surface area contributed by atoms with E-state index in [2.05, 4.69) is 15.9 Å². The van der Waals surface area contributed by atoms with Crippen molar-refractivity contribution in [1.82, 2.24) is 0 Å². The van der Waals surface area contributed by atoms with Gasteiger partial charge in [-0.3, -0.25) is 0 Å². The Bertz CT molecular complexity index is 392. The molecule has 0 amide bonds. The predicted octanol–water partition coefficient (Wildman–Crippen LogP) is 5.28. The molecule has 0 saturated heterocycles. The molecule has 0 unspecified atom stereocenters. The van der Waals surface area contributed by atoms with E-state index in [1.165, 1.54) is 6.07 Å². The van der Waals surface area contributed by atoms with Crippen LogP contribution in [0.1, 0.15) is 0 Å². The minimum atomic E-state index is -6.00. The number of halogens is 14. The van der Waals surface area contributed by atoms with E-state index in [9.17, 15) is 56.2 Å². The van der Waals surface area contributed by atoms with Crippen LogP contribution in [0.25, 0.3) is 0 Å². The van der Waals surface area contributed by atoms with E-state index < -0.39 is 21.8 Å². The van der Waals surface area contributed by atoms with Crippen molar-refractivity contribution >= 4 is 86.3 Å². The van der Waals surface area contributed by atoms with Crippen LogP contribution < -0.4 is -0.342 Å². The van der Waals surface area contributed by atoms with Crippen LogP contribution in [0.5, 0.6) is 0 Å². The van der Waals surface area contributed by atoms with Crippen LogP contribution in [0.4, 0.5) is 56.2 Å². The number of hydrogen-bond acceptors (Lipinski definition) is 0. The van der Waals surface area contributed by atoms with Gasteiger partial charge in [0.05, 0.1) is 0 Å². The Balaban J connectivity index is -0.000000259.